The largest absolute Gasteiger partial charge is 0.295 e. The molecule has 2 unspecified atom stereocenters. The summed E-state index contributed by atoms with van der Waals surface area (Å²) < 4.78 is 0. The summed E-state index contributed by atoms with van der Waals surface area (Å²) in [4.78, 5) is 11.7. The van der Waals surface area contributed by atoms with E-state index in [9.17, 15) is 4.79 Å². The maximum Gasteiger partial charge on any atom is 0.159 e. The van der Waals surface area contributed by atoms with E-state index in [-0.39, 0.29) is 17.0 Å². The molecule has 0 fully saturated rings. The van der Waals surface area contributed by atoms with Gasteiger partial charge in [0.15, 0.2) is 5.78 Å². The van der Waals surface area contributed by atoms with Crippen molar-refractivity contribution in [2.75, 3.05) is 5.75 Å². The number of thioether (sulfide) groups is 1. The minimum absolute atomic E-state index is 0.00940. The molecule has 2 atom stereocenters. The van der Waals surface area contributed by atoms with Crippen LogP contribution in [0.1, 0.15) is 24.7 Å². The SMILES string of the molecule is C=CC(=O)C(C)C(SCC)c1ccccc1. The van der Waals surface area contributed by atoms with E-state index in [1.54, 1.807) is 0 Å². The zero-order valence-electron chi connectivity index (χ0n) is 9.85. The molecule has 16 heavy (non-hydrogen) atoms. The first kappa shape index (κ1) is 13.0. The van der Waals surface area contributed by atoms with Gasteiger partial charge in [-0.2, -0.15) is 11.8 Å². The van der Waals surface area contributed by atoms with Gasteiger partial charge in [0.05, 0.1) is 0 Å². The third-order valence-corrected chi connectivity index (χ3v) is 3.95. The molecule has 0 N–H and O–H groups in total. The molecule has 1 rings (SSSR count). The molecule has 0 aliphatic rings. The van der Waals surface area contributed by atoms with E-state index in [1.165, 1.54) is 11.6 Å². The molecule has 0 aliphatic carbocycles. The molecule has 0 saturated carbocycles. The topological polar surface area (TPSA) is 17.1 Å². The molecule has 0 saturated heterocycles. The number of benzene rings is 1. The predicted octanol–water partition coefficient (Wildman–Crippen LogP) is 3.87. The van der Waals surface area contributed by atoms with Gasteiger partial charge in [-0.1, -0.05) is 50.8 Å². The van der Waals surface area contributed by atoms with Crippen molar-refractivity contribution >= 4 is 17.5 Å². The molecule has 0 bridgehead atoms. The van der Waals surface area contributed by atoms with Crippen LogP contribution in [0.2, 0.25) is 0 Å². The summed E-state index contributed by atoms with van der Waals surface area (Å²) in [7, 11) is 0. The molecule has 0 aliphatic heterocycles. The highest BCUT2D eigenvalue weighted by molar-refractivity contribution is 7.99. The summed E-state index contributed by atoms with van der Waals surface area (Å²) in [6.45, 7) is 7.65. The van der Waals surface area contributed by atoms with Crippen LogP contribution in [0.15, 0.2) is 43.0 Å². The summed E-state index contributed by atoms with van der Waals surface area (Å²) in [5, 5.41) is 0.233. The molecule has 0 aromatic heterocycles. The van der Waals surface area contributed by atoms with Crippen molar-refractivity contribution in [1.82, 2.24) is 0 Å². The van der Waals surface area contributed by atoms with Crippen LogP contribution in [0.3, 0.4) is 0 Å². The summed E-state index contributed by atoms with van der Waals surface area (Å²) >= 11 is 1.81. The number of hydrogen-bond acceptors (Lipinski definition) is 2. The standard InChI is InChI=1S/C14H18OS/c1-4-13(15)11(3)14(16-5-2)12-9-7-6-8-10-12/h4,6-11,14H,1,5H2,2-3H3. The van der Waals surface area contributed by atoms with Gasteiger partial charge in [-0.25, -0.2) is 0 Å². The van der Waals surface area contributed by atoms with Crippen LogP contribution >= 0.6 is 11.8 Å². The summed E-state index contributed by atoms with van der Waals surface area (Å²) in [5.41, 5.74) is 1.22. The summed E-state index contributed by atoms with van der Waals surface area (Å²) in [5.74, 6) is 1.12. The Hall–Kier alpha value is -1.02. The second kappa shape index (κ2) is 6.54. The predicted molar refractivity (Wildman–Crippen MR) is 71.7 cm³/mol. The molecule has 0 heterocycles. The normalized spacial score (nSPS) is 14.1. The van der Waals surface area contributed by atoms with Crippen LogP contribution in [0, 0.1) is 5.92 Å². The lowest BCUT2D eigenvalue weighted by atomic mass is 9.96. The second-order valence-corrected chi connectivity index (χ2v) is 5.10. The smallest absolute Gasteiger partial charge is 0.159 e. The molecule has 0 spiro atoms. The number of rotatable bonds is 6. The van der Waals surface area contributed by atoms with E-state index < -0.39 is 0 Å². The number of allylic oxidation sites excluding steroid dienone is 1. The van der Waals surface area contributed by atoms with Crippen LogP contribution < -0.4 is 0 Å². The van der Waals surface area contributed by atoms with Crippen LogP contribution in [0.4, 0.5) is 0 Å². The van der Waals surface area contributed by atoms with Gasteiger partial charge in [-0.3, -0.25) is 4.79 Å². The lowest BCUT2D eigenvalue weighted by Gasteiger charge is -2.21. The Morgan fingerprint density at radius 1 is 1.44 bits per heavy atom. The Kier molecular flexibility index (Phi) is 5.33. The van der Waals surface area contributed by atoms with E-state index >= 15 is 0 Å². The maximum absolute atomic E-state index is 11.7. The van der Waals surface area contributed by atoms with Crippen molar-refractivity contribution in [3.8, 4) is 0 Å². The van der Waals surface area contributed by atoms with E-state index in [4.69, 9.17) is 0 Å². The first-order valence-electron chi connectivity index (χ1n) is 5.53. The van der Waals surface area contributed by atoms with Crippen LogP contribution in [-0.2, 0) is 4.79 Å². The minimum atomic E-state index is -0.00940. The number of hydrogen-bond donors (Lipinski definition) is 0. The Balaban J connectivity index is 2.91. The average molecular weight is 234 g/mol. The van der Waals surface area contributed by atoms with Crippen LogP contribution in [0.25, 0.3) is 0 Å². The molecule has 0 radical (unpaired) electrons. The highest BCUT2D eigenvalue weighted by atomic mass is 32.2. The number of carbonyl (C=O) groups excluding carboxylic acids is 1. The van der Waals surface area contributed by atoms with Crippen molar-refractivity contribution in [2.45, 2.75) is 19.1 Å². The Morgan fingerprint density at radius 3 is 2.56 bits per heavy atom. The minimum Gasteiger partial charge on any atom is -0.295 e. The molecule has 1 nitrogen and oxygen atoms in total. The fourth-order valence-corrected chi connectivity index (χ4v) is 2.82. The lowest BCUT2D eigenvalue weighted by molar-refractivity contribution is -0.117. The zero-order valence-corrected chi connectivity index (χ0v) is 10.7. The van der Waals surface area contributed by atoms with Gasteiger partial charge >= 0.3 is 0 Å². The Morgan fingerprint density at radius 2 is 2.06 bits per heavy atom. The molecule has 2 heteroatoms. The van der Waals surface area contributed by atoms with Crippen molar-refractivity contribution in [3.63, 3.8) is 0 Å². The monoisotopic (exact) mass is 234 g/mol. The van der Waals surface area contributed by atoms with Gasteiger partial charge < -0.3 is 0 Å². The first-order valence-corrected chi connectivity index (χ1v) is 6.58. The highest BCUT2D eigenvalue weighted by Crippen LogP contribution is 2.36. The molecule has 1 aromatic carbocycles. The van der Waals surface area contributed by atoms with Gasteiger partial charge in [-0.05, 0) is 17.4 Å². The third-order valence-electron chi connectivity index (χ3n) is 2.58. The van der Waals surface area contributed by atoms with E-state index in [0.717, 1.165) is 5.75 Å². The van der Waals surface area contributed by atoms with Gasteiger partial charge in [0, 0.05) is 11.2 Å². The van der Waals surface area contributed by atoms with E-state index in [1.807, 2.05) is 36.9 Å². The van der Waals surface area contributed by atoms with Gasteiger partial charge in [0.25, 0.3) is 0 Å². The van der Waals surface area contributed by atoms with Crippen LogP contribution in [-0.4, -0.2) is 11.5 Å². The molecule has 86 valence electrons. The summed E-state index contributed by atoms with van der Waals surface area (Å²) in [6.07, 6.45) is 1.43. The van der Waals surface area contributed by atoms with Crippen molar-refractivity contribution in [1.29, 1.82) is 0 Å². The fraction of sp³-hybridized carbons (Fsp3) is 0.357. The van der Waals surface area contributed by atoms with Gasteiger partial charge in [0.1, 0.15) is 0 Å². The molecular weight excluding hydrogens is 216 g/mol. The van der Waals surface area contributed by atoms with Crippen molar-refractivity contribution in [3.05, 3.63) is 48.6 Å². The quantitative estimate of drug-likeness (QED) is 0.695. The highest BCUT2D eigenvalue weighted by Gasteiger charge is 2.23. The number of carbonyl (C=O) groups is 1. The maximum atomic E-state index is 11.7. The zero-order chi connectivity index (χ0) is 12.0. The Labute approximate surface area is 102 Å². The first-order chi connectivity index (χ1) is 7.70. The average Bonchev–Trinajstić information content (AvgIpc) is 2.35. The van der Waals surface area contributed by atoms with Crippen molar-refractivity contribution in [2.24, 2.45) is 5.92 Å². The fourth-order valence-electron chi connectivity index (χ4n) is 1.69. The van der Waals surface area contributed by atoms with Gasteiger partial charge in [0.2, 0.25) is 0 Å². The summed E-state index contributed by atoms with van der Waals surface area (Å²) in [6, 6.07) is 10.2. The van der Waals surface area contributed by atoms with Crippen molar-refractivity contribution < 1.29 is 4.79 Å². The Bertz CT molecular complexity index is 345. The number of ketones is 1. The second-order valence-electron chi connectivity index (χ2n) is 3.68. The van der Waals surface area contributed by atoms with E-state index in [2.05, 4.69) is 25.6 Å². The van der Waals surface area contributed by atoms with E-state index in [0.29, 0.717) is 0 Å². The third kappa shape index (κ3) is 3.24. The van der Waals surface area contributed by atoms with Gasteiger partial charge in [-0.15, -0.1) is 0 Å². The van der Waals surface area contributed by atoms with Crippen LogP contribution in [0.5, 0.6) is 0 Å². The molecule has 1 aromatic rings. The molecular formula is C14H18OS. The molecule has 0 amide bonds. The lowest BCUT2D eigenvalue weighted by Crippen LogP contribution is -2.15.